The molecule has 0 spiro atoms. The summed E-state index contributed by atoms with van der Waals surface area (Å²) in [5.74, 6) is -0.405. The molecule has 0 aromatic heterocycles. The first-order chi connectivity index (χ1) is 7.13. The molecule has 1 aromatic rings. The molecule has 5 heteroatoms. The third kappa shape index (κ3) is 4.08. The Hall–Kier alpha value is -0.770. The van der Waals surface area contributed by atoms with E-state index in [4.69, 9.17) is 23.2 Å². The number of amides is 1. The van der Waals surface area contributed by atoms with E-state index in [1.807, 2.05) is 0 Å². The van der Waals surface area contributed by atoms with Crippen LogP contribution in [0.2, 0.25) is 5.02 Å². The summed E-state index contributed by atoms with van der Waals surface area (Å²) in [6, 6.07) is 6.78. The van der Waals surface area contributed by atoms with Crippen molar-refractivity contribution in [3.63, 3.8) is 0 Å². The van der Waals surface area contributed by atoms with Crippen molar-refractivity contribution in [3.8, 4) is 0 Å². The van der Waals surface area contributed by atoms with Gasteiger partial charge in [-0.05, 0) is 17.7 Å². The highest BCUT2D eigenvalue weighted by Crippen LogP contribution is 2.15. The van der Waals surface area contributed by atoms with Crippen LogP contribution in [0.5, 0.6) is 0 Å². The highest BCUT2D eigenvalue weighted by atomic mass is 35.5. The molecule has 0 saturated carbocycles. The Kier molecular flexibility index (Phi) is 4.88. The number of carbonyl (C=O) groups is 1. The van der Waals surface area contributed by atoms with Crippen LogP contribution in [0.1, 0.15) is 11.7 Å². The van der Waals surface area contributed by atoms with Gasteiger partial charge < -0.3 is 10.4 Å². The van der Waals surface area contributed by atoms with Crippen molar-refractivity contribution in [1.82, 2.24) is 5.32 Å². The topological polar surface area (TPSA) is 49.3 Å². The molecule has 0 heterocycles. The van der Waals surface area contributed by atoms with Crippen LogP contribution in [0.15, 0.2) is 24.3 Å². The van der Waals surface area contributed by atoms with E-state index in [1.165, 1.54) is 0 Å². The minimum atomic E-state index is -0.741. The number of halogens is 2. The van der Waals surface area contributed by atoms with Gasteiger partial charge in [-0.25, -0.2) is 0 Å². The van der Waals surface area contributed by atoms with E-state index in [2.05, 4.69) is 5.32 Å². The van der Waals surface area contributed by atoms with Crippen LogP contribution in [0.3, 0.4) is 0 Å². The SMILES string of the molecule is O=C(CCl)NCC(O)c1ccc(Cl)cc1. The van der Waals surface area contributed by atoms with Gasteiger partial charge >= 0.3 is 0 Å². The number of hydrogen-bond acceptors (Lipinski definition) is 2. The first-order valence-corrected chi connectivity index (χ1v) is 5.31. The van der Waals surface area contributed by atoms with Crippen LogP contribution in [0, 0.1) is 0 Å². The second-order valence-corrected chi connectivity index (χ2v) is 3.71. The van der Waals surface area contributed by atoms with Gasteiger partial charge in [0, 0.05) is 11.6 Å². The summed E-state index contributed by atoms with van der Waals surface area (Å²) < 4.78 is 0. The van der Waals surface area contributed by atoms with E-state index >= 15 is 0 Å². The molecule has 0 aliphatic carbocycles. The zero-order valence-corrected chi connectivity index (χ0v) is 9.42. The zero-order chi connectivity index (χ0) is 11.3. The minimum Gasteiger partial charge on any atom is -0.387 e. The molecule has 3 nitrogen and oxygen atoms in total. The van der Waals surface area contributed by atoms with Gasteiger partial charge in [0.2, 0.25) is 5.91 Å². The van der Waals surface area contributed by atoms with Gasteiger partial charge in [-0.1, -0.05) is 23.7 Å². The molecule has 1 atom stereocenters. The van der Waals surface area contributed by atoms with Gasteiger partial charge in [0.25, 0.3) is 0 Å². The van der Waals surface area contributed by atoms with E-state index in [1.54, 1.807) is 24.3 Å². The molecule has 1 aromatic carbocycles. The standard InChI is InChI=1S/C10H11Cl2NO2/c11-5-10(15)13-6-9(14)7-1-3-8(12)4-2-7/h1-4,9,14H,5-6H2,(H,13,15). The first kappa shape index (κ1) is 12.3. The molecular formula is C10H11Cl2NO2. The molecule has 0 fully saturated rings. The van der Waals surface area contributed by atoms with E-state index in [0.29, 0.717) is 10.6 Å². The highest BCUT2D eigenvalue weighted by Gasteiger charge is 2.08. The third-order valence-electron chi connectivity index (χ3n) is 1.87. The maximum absolute atomic E-state index is 10.8. The Bertz CT molecular complexity index is 327. The molecule has 82 valence electrons. The smallest absolute Gasteiger partial charge is 0.235 e. The van der Waals surface area contributed by atoms with Gasteiger partial charge in [-0.3, -0.25) is 4.79 Å². The summed E-state index contributed by atoms with van der Waals surface area (Å²) in [6.07, 6.45) is -0.741. The molecule has 0 saturated heterocycles. The average molecular weight is 248 g/mol. The van der Waals surface area contributed by atoms with Crippen molar-refractivity contribution in [1.29, 1.82) is 0 Å². The lowest BCUT2D eigenvalue weighted by Gasteiger charge is -2.11. The van der Waals surface area contributed by atoms with Crippen LogP contribution in [-0.2, 0) is 4.79 Å². The Morgan fingerprint density at radius 3 is 2.53 bits per heavy atom. The fourth-order valence-corrected chi connectivity index (χ4v) is 1.28. The van der Waals surface area contributed by atoms with Crippen LogP contribution in [0.25, 0.3) is 0 Å². The Morgan fingerprint density at radius 1 is 1.40 bits per heavy atom. The number of alkyl halides is 1. The number of benzene rings is 1. The second-order valence-electron chi connectivity index (χ2n) is 3.01. The number of nitrogens with one attached hydrogen (secondary N) is 1. The molecular weight excluding hydrogens is 237 g/mol. The quantitative estimate of drug-likeness (QED) is 0.797. The van der Waals surface area contributed by atoms with Crippen molar-refractivity contribution in [2.45, 2.75) is 6.10 Å². The molecule has 15 heavy (non-hydrogen) atoms. The van der Waals surface area contributed by atoms with E-state index in [-0.39, 0.29) is 18.3 Å². The van der Waals surface area contributed by atoms with E-state index < -0.39 is 6.10 Å². The number of carbonyl (C=O) groups excluding carboxylic acids is 1. The molecule has 0 aliphatic rings. The number of rotatable bonds is 4. The normalized spacial score (nSPS) is 12.2. The summed E-state index contributed by atoms with van der Waals surface area (Å²) in [5.41, 5.74) is 0.703. The van der Waals surface area contributed by atoms with Crippen molar-refractivity contribution >= 4 is 29.1 Å². The largest absolute Gasteiger partial charge is 0.387 e. The van der Waals surface area contributed by atoms with Crippen molar-refractivity contribution in [2.24, 2.45) is 0 Å². The van der Waals surface area contributed by atoms with Crippen LogP contribution >= 0.6 is 23.2 Å². The predicted molar refractivity (Wildman–Crippen MR) is 60.1 cm³/mol. The summed E-state index contributed by atoms with van der Waals surface area (Å²) >= 11 is 11.0. The van der Waals surface area contributed by atoms with Gasteiger partial charge in [0.15, 0.2) is 0 Å². The first-order valence-electron chi connectivity index (χ1n) is 4.39. The molecule has 0 aliphatic heterocycles. The highest BCUT2D eigenvalue weighted by molar-refractivity contribution is 6.30. The third-order valence-corrected chi connectivity index (χ3v) is 2.36. The van der Waals surface area contributed by atoms with Gasteiger partial charge in [0.05, 0.1) is 6.10 Å². The molecule has 0 bridgehead atoms. The van der Waals surface area contributed by atoms with Crippen LogP contribution < -0.4 is 5.32 Å². The van der Waals surface area contributed by atoms with Crippen molar-refractivity contribution in [2.75, 3.05) is 12.4 Å². The minimum absolute atomic E-state index is 0.104. The van der Waals surface area contributed by atoms with Crippen LogP contribution in [-0.4, -0.2) is 23.4 Å². The molecule has 2 N–H and O–H groups in total. The fourth-order valence-electron chi connectivity index (χ4n) is 1.06. The van der Waals surface area contributed by atoms with Gasteiger partial charge in [-0.15, -0.1) is 11.6 Å². The van der Waals surface area contributed by atoms with Gasteiger partial charge in [0.1, 0.15) is 5.88 Å². The summed E-state index contributed by atoms with van der Waals surface area (Å²) in [7, 11) is 0. The maximum Gasteiger partial charge on any atom is 0.235 e. The average Bonchev–Trinajstić information content (AvgIpc) is 2.26. The lowest BCUT2D eigenvalue weighted by Crippen LogP contribution is -2.29. The molecule has 1 rings (SSSR count). The maximum atomic E-state index is 10.8. The Morgan fingerprint density at radius 2 is 2.00 bits per heavy atom. The molecule has 0 radical (unpaired) electrons. The molecule has 1 amide bonds. The fraction of sp³-hybridized carbons (Fsp3) is 0.300. The monoisotopic (exact) mass is 247 g/mol. The van der Waals surface area contributed by atoms with E-state index in [9.17, 15) is 9.90 Å². The van der Waals surface area contributed by atoms with Crippen molar-refractivity contribution in [3.05, 3.63) is 34.9 Å². The van der Waals surface area contributed by atoms with E-state index in [0.717, 1.165) is 0 Å². The number of aliphatic hydroxyl groups excluding tert-OH is 1. The summed E-state index contributed by atoms with van der Waals surface area (Å²) in [5, 5.41) is 12.8. The van der Waals surface area contributed by atoms with Crippen molar-refractivity contribution < 1.29 is 9.90 Å². The zero-order valence-electron chi connectivity index (χ0n) is 7.91. The van der Waals surface area contributed by atoms with Gasteiger partial charge in [-0.2, -0.15) is 0 Å². The number of aliphatic hydroxyl groups is 1. The summed E-state index contributed by atoms with van der Waals surface area (Å²) in [6.45, 7) is 0.146. The lowest BCUT2D eigenvalue weighted by molar-refractivity contribution is -0.119. The second kappa shape index (κ2) is 5.95. The Balaban J connectivity index is 2.50. The molecule has 1 unspecified atom stereocenters. The lowest BCUT2D eigenvalue weighted by atomic mass is 10.1. The van der Waals surface area contributed by atoms with Crippen LogP contribution in [0.4, 0.5) is 0 Å². The predicted octanol–water partition coefficient (Wildman–Crippen LogP) is 1.73. The number of hydrogen-bond donors (Lipinski definition) is 2. The summed E-state index contributed by atoms with van der Waals surface area (Å²) in [4.78, 5) is 10.8. The Labute approximate surface area is 98.0 Å².